The highest BCUT2D eigenvalue weighted by Gasteiger charge is 2.06. The van der Waals surface area contributed by atoms with Gasteiger partial charge in [0.25, 0.3) is 0 Å². The van der Waals surface area contributed by atoms with Crippen molar-refractivity contribution in [2.75, 3.05) is 6.54 Å². The van der Waals surface area contributed by atoms with Crippen molar-refractivity contribution in [3.63, 3.8) is 0 Å². The Morgan fingerprint density at radius 2 is 2.10 bits per heavy atom. The Balaban J connectivity index is 2.08. The summed E-state index contributed by atoms with van der Waals surface area (Å²) in [6.45, 7) is 6.23. The van der Waals surface area contributed by atoms with Gasteiger partial charge in [-0.3, -0.25) is 0 Å². The minimum Gasteiger partial charge on any atom is -0.313 e. The lowest BCUT2D eigenvalue weighted by atomic mass is 10.2. The molecule has 0 bridgehead atoms. The van der Waals surface area contributed by atoms with Crippen LogP contribution in [0.15, 0.2) is 50.9 Å². The number of nitrogens with one attached hydrogen (secondary N) is 1. The van der Waals surface area contributed by atoms with Gasteiger partial charge in [-0.05, 0) is 59.1 Å². The molecule has 0 saturated heterocycles. The predicted molar refractivity (Wildman–Crippen MR) is 89.2 cm³/mol. The van der Waals surface area contributed by atoms with Gasteiger partial charge in [-0.15, -0.1) is 0 Å². The van der Waals surface area contributed by atoms with E-state index in [9.17, 15) is 0 Å². The highest BCUT2D eigenvalue weighted by Crippen LogP contribution is 2.33. The van der Waals surface area contributed by atoms with Gasteiger partial charge in [-0.1, -0.05) is 36.9 Å². The average molecular weight is 351 g/mol. The van der Waals surface area contributed by atoms with Crippen molar-refractivity contribution in [1.29, 1.82) is 0 Å². The van der Waals surface area contributed by atoms with E-state index in [-0.39, 0.29) is 0 Å². The van der Waals surface area contributed by atoms with E-state index >= 15 is 0 Å². The Morgan fingerprint density at radius 1 is 1.30 bits per heavy atom. The number of benzene rings is 1. The lowest BCUT2D eigenvalue weighted by molar-refractivity contribution is 0.672. The van der Waals surface area contributed by atoms with Crippen molar-refractivity contribution in [1.82, 2.24) is 10.3 Å². The first-order chi connectivity index (χ1) is 9.70. The zero-order chi connectivity index (χ0) is 14.4. The molecule has 0 saturated carbocycles. The Bertz CT molecular complexity index is 572. The SMILES string of the molecule is CCCNCc1cnc(Sc2ccccc2Br)c(C)c1. The maximum absolute atomic E-state index is 4.60. The van der Waals surface area contributed by atoms with Gasteiger partial charge < -0.3 is 5.32 Å². The predicted octanol–water partition coefficient (Wildman–Crippen LogP) is 4.80. The normalized spacial score (nSPS) is 10.8. The minimum absolute atomic E-state index is 0.891. The molecule has 0 spiro atoms. The van der Waals surface area contributed by atoms with Crippen LogP contribution < -0.4 is 5.32 Å². The number of halogens is 1. The van der Waals surface area contributed by atoms with Gasteiger partial charge in [0.1, 0.15) is 5.03 Å². The largest absolute Gasteiger partial charge is 0.313 e. The van der Waals surface area contributed by atoms with Gasteiger partial charge in [0.15, 0.2) is 0 Å². The van der Waals surface area contributed by atoms with E-state index in [1.807, 2.05) is 18.3 Å². The molecule has 0 aliphatic rings. The number of hydrogen-bond acceptors (Lipinski definition) is 3. The third kappa shape index (κ3) is 4.33. The first kappa shape index (κ1) is 15.5. The van der Waals surface area contributed by atoms with E-state index in [1.165, 1.54) is 16.0 Å². The molecule has 20 heavy (non-hydrogen) atoms. The fourth-order valence-electron chi connectivity index (χ4n) is 1.87. The van der Waals surface area contributed by atoms with Gasteiger partial charge in [0.05, 0.1) is 0 Å². The smallest absolute Gasteiger partial charge is 0.104 e. The van der Waals surface area contributed by atoms with E-state index in [0.29, 0.717) is 0 Å². The molecule has 2 rings (SSSR count). The van der Waals surface area contributed by atoms with E-state index < -0.39 is 0 Å². The topological polar surface area (TPSA) is 24.9 Å². The third-order valence-corrected chi connectivity index (χ3v) is 5.04. The van der Waals surface area contributed by atoms with Crippen molar-refractivity contribution in [3.8, 4) is 0 Å². The molecule has 0 unspecified atom stereocenters. The summed E-state index contributed by atoms with van der Waals surface area (Å²) in [6, 6.07) is 10.4. The second-order valence-electron chi connectivity index (χ2n) is 4.67. The third-order valence-electron chi connectivity index (χ3n) is 2.89. The highest BCUT2D eigenvalue weighted by atomic mass is 79.9. The van der Waals surface area contributed by atoms with Crippen molar-refractivity contribution in [2.45, 2.75) is 36.7 Å². The Morgan fingerprint density at radius 3 is 2.80 bits per heavy atom. The summed E-state index contributed by atoms with van der Waals surface area (Å²) >= 11 is 5.28. The second kappa shape index (κ2) is 7.81. The average Bonchev–Trinajstić information content (AvgIpc) is 2.44. The molecule has 1 aromatic heterocycles. The summed E-state index contributed by atoms with van der Waals surface area (Å²) < 4.78 is 1.11. The van der Waals surface area contributed by atoms with Crippen LogP contribution in [0.25, 0.3) is 0 Å². The zero-order valence-electron chi connectivity index (χ0n) is 11.8. The lowest BCUT2D eigenvalue weighted by Crippen LogP contribution is -2.14. The summed E-state index contributed by atoms with van der Waals surface area (Å²) in [5, 5.41) is 4.47. The quantitative estimate of drug-likeness (QED) is 0.757. The molecule has 106 valence electrons. The summed E-state index contributed by atoms with van der Waals surface area (Å²) in [6.07, 6.45) is 3.12. The molecular weight excluding hydrogens is 332 g/mol. The molecule has 0 atom stereocenters. The Hall–Kier alpha value is -0.840. The molecule has 2 aromatic rings. The highest BCUT2D eigenvalue weighted by molar-refractivity contribution is 9.10. The van der Waals surface area contributed by atoms with Crippen molar-refractivity contribution < 1.29 is 0 Å². The van der Waals surface area contributed by atoms with Crippen LogP contribution >= 0.6 is 27.7 Å². The molecule has 2 nitrogen and oxygen atoms in total. The van der Waals surface area contributed by atoms with Gasteiger partial charge in [-0.25, -0.2) is 4.98 Å². The van der Waals surface area contributed by atoms with Gasteiger partial charge >= 0.3 is 0 Å². The number of rotatable bonds is 6. The summed E-state index contributed by atoms with van der Waals surface area (Å²) in [7, 11) is 0. The summed E-state index contributed by atoms with van der Waals surface area (Å²) in [5.74, 6) is 0. The van der Waals surface area contributed by atoms with E-state index in [2.05, 4.69) is 58.3 Å². The fourth-order valence-corrected chi connectivity index (χ4v) is 3.24. The Kier molecular flexibility index (Phi) is 6.07. The number of aryl methyl sites for hydroxylation is 1. The number of pyridine rings is 1. The minimum atomic E-state index is 0.891. The summed E-state index contributed by atoms with van der Waals surface area (Å²) in [4.78, 5) is 5.79. The first-order valence-electron chi connectivity index (χ1n) is 6.79. The number of aromatic nitrogens is 1. The van der Waals surface area contributed by atoms with E-state index in [4.69, 9.17) is 0 Å². The lowest BCUT2D eigenvalue weighted by Gasteiger charge is -2.09. The van der Waals surface area contributed by atoms with Crippen LogP contribution in [0.1, 0.15) is 24.5 Å². The Labute approximate surface area is 133 Å². The van der Waals surface area contributed by atoms with Gasteiger partial charge in [0, 0.05) is 22.1 Å². The molecule has 0 fully saturated rings. The van der Waals surface area contributed by atoms with Crippen LogP contribution in [-0.2, 0) is 6.54 Å². The van der Waals surface area contributed by atoms with Crippen molar-refractivity contribution in [3.05, 3.63) is 52.1 Å². The molecular formula is C16H19BrN2S. The molecule has 1 heterocycles. The van der Waals surface area contributed by atoms with Gasteiger partial charge in [0.2, 0.25) is 0 Å². The maximum atomic E-state index is 4.60. The molecule has 0 aliphatic carbocycles. The van der Waals surface area contributed by atoms with Crippen LogP contribution in [0, 0.1) is 6.92 Å². The van der Waals surface area contributed by atoms with Gasteiger partial charge in [-0.2, -0.15) is 0 Å². The molecule has 0 radical (unpaired) electrons. The molecule has 0 amide bonds. The standard InChI is InChI=1S/C16H19BrN2S/c1-3-8-18-10-13-9-12(2)16(19-11-13)20-15-7-5-4-6-14(15)17/h4-7,9,11,18H,3,8,10H2,1-2H3. The zero-order valence-corrected chi connectivity index (χ0v) is 14.2. The van der Waals surface area contributed by atoms with E-state index in [0.717, 1.165) is 29.0 Å². The van der Waals surface area contributed by atoms with Crippen LogP contribution in [0.2, 0.25) is 0 Å². The van der Waals surface area contributed by atoms with E-state index in [1.54, 1.807) is 11.8 Å². The first-order valence-corrected chi connectivity index (χ1v) is 8.40. The number of nitrogens with zero attached hydrogens (tertiary/aromatic N) is 1. The van der Waals surface area contributed by atoms with Crippen molar-refractivity contribution >= 4 is 27.7 Å². The molecule has 0 aliphatic heterocycles. The number of hydrogen-bond donors (Lipinski definition) is 1. The van der Waals surface area contributed by atoms with Crippen LogP contribution in [-0.4, -0.2) is 11.5 Å². The monoisotopic (exact) mass is 350 g/mol. The maximum Gasteiger partial charge on any atom is 0.104 e. The van der Waals surface area contributed by atoms with Crippen LogP contribution in [0.3, 0.4) is 0 Å². The molecule has 1 N–H and O–H groups in total. The van der Waals surface area contributed by atoms with Crippen LogP contribution in [0.4, 0.5) is 0 Å². The molecule has 4 heteroatoms. The fraction of sp³-hybridized carbons (Fsp3) is 0.312. The van der Waals surface area contributed by atoms with Crippen LogP contribution in [0.5, 0.6) is 0 Å². The summed E-state index contributed by atoms with van der Waals surface area (Å²) in [5.41, 5.74) is 2.47. The second-order valence-corrected chi connectivity index (χ2v) is 6.56. The molecule has 1 aromatic carbocycles. The van der Waals surface area contributed by atoms with Crippen molar-refractivity contribution in [2.24, 2.45) is 0 Å².